The first-order valence-corrected chi connectivity index (χ1v) is 7.04. The lowest BCUT2D eigenvalue weighted by Gasteiger charge is -2.34. The highest BCUT2D eigenvalue weighted by Crippen LogP contribution is 2.33. The molecule has 2 rings (SSSR count). The minimum absolute atomic E-state index is 0.0227. The fourth-order valence-electron chi connectivity index (χ4n) is 2.21. The summed E-state index contributed by atoms with van der Waals surface area (Å²) in [6.07, 6.45) is 6.52. The standard InChI is InChI=1S/C15H25NO3/c1-14(2,3)19-13(17)16-12(9-8-11-6-7-11)10-18-15(16,4)5/h8-9,11-12H,6-7,10H2,1-5H3. The van der Waals surface area contributed by atoms with E-state index in [1.807, 2.05) is 34.6 Å². The Labute approximate surface area is 115 Å². The second-order valence-corrected chi connectivity index (χ2v) is 6.90. The summed E-state index contributed by atoms with van der Waals surface area (Å²) in [5.41, 5.74) is -1.10. The molecular formula is C15H25NO3. The van der Waals surface area contributed by atoms with Gasteiger partial charge in [0.05, 0.1) is 12.6 Å². The van der Waals surface area contributed by atoms with Crippen molar-refractivity contribution in [2.75, 3.05) is 6.61 Å². The van der Waals surface area contributed by atoms with Gasteiger partial charge in [0.2, 0.25) is 0 Å². The quantitative estimate of drug-likeness (QED) is 0.720. The topological polar surface area (TPSA) is 38.8 Å². The number of hydrogen-bond donors (Lipinski definition) is 0. The Kier molecular flexibility index (Phi) is 3.65. The molecule has 1 aliphatic carbocycles. The number of nitrogens with zero attached hydrogens (tertiary/aromatic N) is 1. The van der Waals surface area contributed by atoms with Gasteiger partial charge in [-0.3, -0.25) is 4.90 Å². The highest BCUT2D eigenvalue weighted by molar-refractivity contribution is 5.70. The smallest absolute Gasteiger partial charge is 0.413 e. The minimum atomic E-state index is -0.610. The fourth-order valence-corrected chi connectivity index (χ4v) is 2.21. The third-order valence-electron chi connectivity index (χ3n) is 3.34. The van der Waals surface area contributed by atoms with Crippen molar-refractivity contribution in [3.8, 4) is 0 Å². The van der Waals surface area contributed by atoms with Crippen LogP contribution in [-0.4, -0.2) is 35.0 Å². The van der Waals surface area contributed by atoms with Crippen LogP contribution >= 0.6 is 0 Å². The highest BCUT2D eigenvalue weighted by atomic mass is 16.6. The van der Waals surface area contributed by atoms with E-state index in [2.05, 4.69) is 12.2 Å². The van der Waals surface area contributed by atoms with Gasteiger partial charge in [-0.2, -0.15) is 0 Å². The van der Waals surface area contributed by atoms with Gasteiger partial charge < -0.3 is 9.47 Å². The molecule has 1 aliphatic heterocycles. The van der Waals surface area contributed by atoms with Crippen LogP contribution in [0.15, 0.2) is 12.2 Å². The SMILES string of the molecule is CC(C)(C)OC(=O)N1C(C=CC2CC2)COC1(C)C. The molecule has 1 heterocycles. The van der Waals surface area contributed by atoms with E-state index in [1.54, 1.807) is 4.90 Å². The lowest BCUT2D eigenvalue weighted by Crippen LogP contribution is -2.49. The van der Waals surface area contributed by atoms with Gasteiger partial charge >= 0.3 is 6.09 Å². The molecule has 0 radical (unpaired) electrons. The van der Waals surface area contributed by atoms with E-state index < -0.39 is 11.3 Å². The van der Waals surface area contributed by atoms with Crippen LogP contribution in [0.3, 0.4) is 0 Å². The third-order valence-corrected chi connectivity index (χ3v) is 3.34. The molecule has 0 aromatic heterocycles. The van der Waals surface area contributed by atoms with Crippen LogP contribution in [0.2, 0.25) is 0 Å². The highest BCUT2D eigenvalue weighted by Gasteiger charge is 2.44. The van der Waals surface area contributed by atoms with Crippen LogP contribution in [-0.2, 0) is 9.47 Å². The number of ether oxygens (including phenoxy) is 2. The normalized spacial score (nSPS) is 27.0. The number of allylic oxidation sites excluding steroid dienone is 1. The molecule has 4 nitrogen and oxygen atoms in total. The number of carbonyl (C=O) groups excluding carboxylic acids is 1. The molecule has 2 aliphatic rings. The van der Waals surface area contributed by atoms with Gasteiger partial charge in [0.15, 0.2) is 0 Å². The van der Waals surface area contributed by atoms with E-state index >= 15 is 0 Å². The molecule has 0 spiro atoms. The van der Waals surface area contributed by atoms with E-state index in [9.17, 15) is 4.79 Å². The summed E-state index contributed by atoms with van der Waals surface area (Å²) >= 11 is 0. The van der Waals surface area contributed by atoms with Gasteiger partial charge in [-0.05, 0) is 53.4 Å². The van der Waals surface area contributed by atoms with E-state index in [4.69, 9.17) is 9.47 Å². The summed E-state index contributed by atoms with van der Waals surface area (Å²) in [7, 11) is 0. The van der Waals surface area contributed by atoms with Crippen molar-refractivity contribution < 1.29 is 14.3 Å². The van der Waals surface area contributed by atoms with Gasteiger partial charge in [0.1, 0.15) is 11.3 Å². The van der Waals surface area contributed by atoms with Crippen LogP contribution < -0.4 is 0 Å². The Balaban J connectivity index is 2.08. The Bertz CT molecular complexity index is 377. The number of rotatable bonds is 2. The molecular weight excluding hydrogens is 242 g/mol. The van der Waals surface area contributed by atoms with Crippen molar-refractivity contribution in [1.29, 1.82) is 0 Å². The maximum atomic E-state index is 12.3. The predicted molar refractivity (Wildman–Crippen MR) is 73.8 cm³/mol. The Morgan fingerprint density at radius 2 is 1.95 bits per heavy atom. The predicted octanol–water partition coefficient (Wildman–Crippen LogP) is 3.32. The first-order valence-electron chi connectivity index (χ1n) is 7.04. The summed E-state index contributed by atoms with van der Waals surface area (Å²) in [5.74, 6) is 0.698. The Hall–Kier alpha value is -1.03. The molecule has 1 atom stereocenters. The van der Waals surface area contributed by atoms with E-state index in [-0.39, 0.29) is 12.1 Å². The van der Waals surface area contributed by atoms with Crippen molar-refractivity contribution in [3.63, 3.8) is 0 Å². The number of carbonyl (C=O) groups is 1. The molecule has 1 unspecified atom stereocenters. The molecule has 1 saturated carbocycles. The zero-order chi connectivity index (χ0) is 14.3. The fraction of sp³-hybridized carbons (Fsp3) is 0.800. The zero-order valence-corrected chi connectivity index (χ0v) is 12.6. The first-order chi connectivity index (χ1) is 8.69. The third kappa shape index (κ3) is 3.72. The molecule has 0 N–H and O–H groups in total. The van der Waals surface area contributed by atoms with Crippen LogP contribution in [0.5, 0.6) is 0 Å². The van der Waals surface area contributed by atoms with Gasteiger partial charge in [-0.25, -0.2) is 4.79 Å². The molecule has 0 bridgehead atoms. The van der Waals surface area contributed by atoms with Gasteiger partial charge in [-0.15, -0.1) is 0 Å². The zero-order valence-electron chi connectivity index (χ0n) is 12.6. The molecule has 2 fully saturated rings. The molecule has 1 saturated heterocycles. The van der Waals surface area contributed by atoms with E-state index in [0.29, 0.717) is 12.5 Å². The summed E-state index contributed by atoms with van der Waals surface area (Å²) < 4.78 is 11.2. The van der Waals surface area contributed by atoms with Crippen molar-refractivity contribution in [2.24, 2.45) is 5.92 Å². The summed E-state index contributed by atoms with van der Waals surface area (Å²) in [4.78, 5) is 14.0. The van der Waals surface area contributed by atoms with Crippen molar-refractivity contribution in [2.45, 2.75) is 64.8 Å². The van der Waals surface area contributed by atoms with Crippen LogP contribution in [0.1, 0.15) is 47.5 Å². The second kappa shape index (κ2) is 4.82. The van der Waals surface area contributed by atoms with Crippen LogP contribution in [0.4, 0.5) is 4.79 Å². The number of hydrogen-bond acceptors (Lipinski definition) is 3. The first kappa shape index (κ1) is 14.4. The summed E-state index contributed by atoms with van der Waals surface area (Å²) in [5, 5.41) is 0. The minimum Gasteiger partial charge on any atom is -0.444 e. The lowest BCUT2D eigenvalue weighted by atomic mass is 10.2. The Morgan fingerprint density at radius 1 is 1.32 bits per heavy atom. The van der Waals surface area contributed by atoms with Gasteiger partial charge in [0, 0.05) is 0 Å². The maximum Gasteiger partial charge on any atom is 0.413 e. The molecule has 108 valence electrons. The van der Waals surface area contributed by atoms with E-state index in [1.165, 1.54) is 12.8 Å². The molecule has 0 aromatic carbocycles. The largest absolute Gasteiger partial charge is 0.444 e. The average molecular weight is 267 g/mol. The maximum absolute atomic E-state index is 12.3. The molecule has 19 heavy (non-hydrogen) atoms. The summed E-state index contributed by atoms with van der Waals surface area (Å²) in [6, 6.07) is -0.0227. The van der Waals surface area contributed by atoms with Crippen molar-refractivity contribution in [3.05, 3.63) is 12.2 Å². The monoisotopic (exact) mass is 267 g/mol. The molecule has 1 amide bonds. The Morgan fingerprint density at radius 3 is 2.47 bits per heavy atom. The second-order valence-electron chi connectivity index (χ2n) is 6.90. The van der Waals surface area contributed by atoms with Crippen LogP contribution in [0, 0.1) is 5.92 Å². The van der Waals surface area contributed by atoms with Crippen molar-refractivity contribution >= 4 is 6.09 Å². The lowest BCUT2D eigenvalue weighted by molar-refractivity contribution is -0.0610. The number of amides is 1. The molecule has 4 heteroatoms. The molecule has 0 aromatic rings. The van der Waals surface area contributed by atoms with Crippen LogP contribution in [0.25, 0.3) is 0 Å². The average Bonchev–Trinajstić information content (AvgIpc) is 2.98. The van der Waals surface area contributed by atoms with E-state index in [0.717, 1.165) is 0 Å². The van der Waals surface area contributed by atoms with Crippen molar-refractivity contribution in [1.82, 2.24) is 4.90 Å². The van der Waals surface area contributed by atoms with Gasteiger partial charge in [0.25, 0.3) is 0 Å². The van der Waals surface area contributed by atoms with Gasteiger partial charge in [-0.1, -0.05) is 12.2 Å². The summed E-state index contributed by atoms with van der Waals surface area (Å²) in [6.45, 7) is 9.98.